The van der Waals surface area contributed by atoms with Gasteiger partial charge in [0.25, 0.3) is 21.6 Å². The van der Waals surface area contributed by atoms with Crippen molar-refractivity contribution >= 4 is 38.7 Å². The number of sulfonamides is 1. The maximum Gasteiger partial charge on any atom is 0.271 e. The van der Waals surface area contributed by atoms with E-state index in [0.717, 1.165) is 30.3 Å². The fourth-order valence-electron chi connectivity index (χ4n) is 2.76. The van der Waals surface area contributed by atoms with Gasteiger partial charge in [-0.1, -0.05) is 6.07 Å². The monoisotopic (exact) mass is 474 g/mol. The summed E-state index contributed by atoms with van der Waals surface area (Å²) < 4.78 is 46.3. The molecule has 0 aliphatic carbocycles. The zero-order valence-corrected chi connectivity index (χ0v) is 17.6. The first kappa shape index (κ1) is 23.3. The number of nitro groups is 1. The fourth-order valence-corrected chi connectivity index (χ4v) is 3.87. The van der Waals surface area contributed by atoms with E-state index in [2.05, 4.69) is 15.2 Å². The number of carbonyl (C=O) groups is 1. The number of nitrogens with one attached hydrogen (secondary N) is 2. The molecule has 13 heteroatoms. The largest absolute Gasteiger partial charge is 0.495 e. The van der Waals surface area contributed by atoms with Crippen molar-refractivity contribution in [3.05, 3.63) is 87.1 Å². The topological polar surface area (TPSA) is 157 Å². The van der Waals surface area contributed by atoms with Crippen molar-refractivity contribution in [2.75, 3.05) is 17.1 Å². The second kappa shape index (κ2) is 9.40. The van der Waals surface area contributed by atoms with Gasteiger partial charge in [-0.05, 0) is 47.6 Å². The number of methoxy groups -OCH3 is 1. The molecule has 0 saturated carbocycles. The predicted octanol–water partition coefficient (Wildman–Crippen LogP) is 4.19. The van der Waals surface area contributed by atoms with E-state index >= 15 is 0 Å². The number of anilines is 2. The lowest BCUT2D eigenvalue weighted by atomic mass is 10.2. The number of rotatable bonds is 8. The van der Waals surface area contributed by atoms with Gasteiger partial charge in [-0.2, -0.15) is 0 Å². The zero-order valence-electron chi connectivity index (χ0n) is 16.8. The van der Waals surface area contributed by atoms with Crippen molar-refractivity contribution in [1.29, 1.82) is 0 Å². The first-order valence-corrected chi connectivity index (χ1v) is 10.5. The molecule has 0 atom stereocenters. The average Bonchev–Trinajstić information content (AvgIpc) is 2.80. The molecule has 33 heavy (non-hydrogen) atoms. The van der Waals surface area contributed by atoms with Crippen molar-refractivity contribution in [1.82, 2.24) is 0 Å². The summed E-state index contributed by atoms with van der Waals surface area (Å²) in [6.45, 7) is 0. The number of benzene rings is 3. The highest BCUT2D eigenvalue weighted by atomic mass is 32.2. The molecule has 3 aromatic rings. The third kappa shape index (κ3) is 5.27. The second-order valence-corrected chi connectivity index (χ2v) is 8.17. The van der Waals surface area contributed by atoms with Gasteiger partial charge in [0.05, 0.1) is 22.6 Å². The number of ether oxygens (including phenoxy) is 1. The molecular weight excluding hydrogens is 459 g/mol. The van der Waals surface area contributed by atoms with Crippen LogP contribution in [0.2, 0.25) is 0 Å². The average molecular weight is 474 g/mol. The molecule has 0 aromatic heterocycles. The van der Waals surface area contributed by atoms with Gasteiger partial charge in [-0.25, -0.2) is 12.8 Å². The van der Waals surface area contributed by atoms with Crippen molar-refractivity contribution in [3.8, 4) is 5.75 Å². The highest BCUT2D eigenvalue weighted by molar-refractivity contribution is 7.92. The summed E-state index contributed by atoms with van der Waals surface area (Å²) in [6.07, 6.45) is 0. The zero-order chi connectivity index (χ0) is 24.2. The molecule has 0 heterocycles. The molecule has 170 valence electrons. The molecule has 0 saturated heterocycles. The standard InChI is InChI=1S/C20H15FN4O7S/c1-32-19-8-6-14(25(28)29)11-18(19)24-33(30,31)15-4-2-3-12(9-15)20(26)22-13-5-7-16(21)17(10-13)23-27/h2-11,24H,1H3,(H,22,26). The third-order valence-corrected chi connectivity index (χ3v) is 5.71. The summed E-state index contributed by atoms with van der Waals surface area (Å²) in [4.78, 5) is 33.2. The minimum atomic E-state index is -4.27. The number of nitroso groups, excluding NO2 is 1. The molecule has 0 fully saturated rings. The van der Waals surface area contributed by atoms with Crippen molar-refractivity contribution < 1.29 is 27.3 Å². The van der Waals surface area contributed by atoms with Crippen LogP contribution in [0.25, 0.3) is 0 Å². The Hall–Kier alpha value is -4.39. The Kier molecular flexibility index (Phi) is 6.63. The minimum absolute atomic E-state index is 0.0500. The molecule has 0 aliphatic rings. The van der Waals surface area contributed by atoms with Crippen LogP contribution in [0.1, 0.15) is 10.4 Å². The van der Waals surface area contributed by atoms with Crippen LogP contribution in [0.3, 0.4) is 0 Å². The van der Waals surface area contributed by atoms with E-state index in [1.807, 2.05) is 0 Å². The van der Waals surface area contributed by atoms with Gasteiger partial charge in [0, 0.05) is 23.4 Å². The second-order valence-electron chi connectivity index (χ2n) is 6.49. The molecule has 1 amide bonds. The molecule has 0 bridgehead atoms. The van der Waals surface area contributed by atoms with Gasteiger partial charge in [0.2, 0.25) is 0 Å². The van der Waals surface area contributed by atoms with E-state index < -0.39 is 32.4 Å². The first-order valence-electron chi connectivity index (χ1n) is 9.04. The summed E-state index contributed by atoms with van der Waals surface area (Å²) in [6, 6.07) is 11.5. The number of nitro benzene ring substituents is 1. The summed E-state index contributed by atoms with van der Waals surface area (Å²) >= 11 is 0. The lowest BCUT2D eigenvalue weighted by molar-refractivity contribution is -0.384. The van der Waals surface area contributed by atoms with Gasteiger partial charge in [-0.3, -0.25) is 19.6 Å². The number of amides is 1. The number of halogens is 1. The smallest absolute Gasteiger partial charge is 0.271 e. The van der Waals surface area contributed by atoms with Crippen molar-refractivity contribution in [3.63, 3.8) is 0 Å². The maximum absolute atomic E-state index is 13.4. The Morgan fingerprint density at radius 3 is 2.55 bits per heavy atom. The van der Waals surface area contributed by atoms with Crippen LogP contribution < -0.4 is 14.8 Å². The molecule has 0 spiro atoms. The summed E-state index contributed by atoms with van der Waals surface area (Å²) in [5, 5.41) is 15.9. The number of non-ortho nitro benzene ring substituents is 1. The van der Waals surface area contributed by atoms with E-state index in [1.54, 1.807) is 0 Å². The maximum atomic E-state index is 13.4. The summed E-state index contributed by atoms with van der Waals surface area (Å²) in [5.41, 5.74) is -1.01. The SMILES string of the molecule is COc1ccc([N+](=O)[O-])cc1NS(=O)(=O)c1cccc(C(=O)Nc2ccc(F)c(N=O)c2)c1. The van der Waals surface area contributed by atoms with Gasteiger partial charge in [-0.15, -0.1) is 4.91 Å². The molecule has 2 N–H and O–H groups in total. The van der Waals surface area contributed by atoms with Crippen LogP contribution in [0.5, 0.6) is 5.75 Å². The lowest BCUT2D eigenvalue weighted by Crippen LogP contribution is -2.16. The number of hydrogen-bond acceptors (Lipinski definition) is 8. The van der Waals surface area contributed by atoms with Crippen molar-refractivity contribution in [2.45, 2.75) is 4.90 Å². The highest BCUT2D eigenvalue weighted by Gasteiger charge is 2.21. The summed E-state index contributed by atoms with van der Waals surface area (Å²) in [7, 11) is -3.00. The number of hydrogen-bond donors (Lipinski definition) is 2. The molecule has 0 unspecified atom stereocenters. The molecule has 3 rings (SSSR count). The van der Waals surface area contributed by atoms with Crippen LogP contribution >= 0.6 is 0 Å². The predicted molar refractivity (Wildman–Crippen MR) is 117 cm³/mol. The van der Waals surface area contributed by atoms with Gasteiger partial charge in [0.1, 0.15) is 11.4 Å². The quantitative estimate of drug-likeness (QED) is 0.281. The Morgan fingerprint density at radius 1 is 1.12 bits per heavy atom. The van der Waals surface area contributed by atoms with E-state index in [-0.39, 0.29) is 33.3 Å². The van der Waals surface area contributed by atoms with Crippen LogP contribution in [0.15, 0.2) is 70.7 Å². The van der Waals surface area contributed by atoms with E-state index in [4.69, 9.17) is 4.74 Å². The fraction of sp³-hybridized carbons (Fsp3) is 0.0500. The van der Waals surface area contributed by atoms with Crippen LogP contribution in [0.4, 0.5) is 27.1 Å². The third-order valence-electron chi connectivity index (χ3n) is 4.35. The van der Waals surface area contributed by atoms with Gasteiger partial charge >= 0.3 is 0 Å². The van der Waals surface area contributed by atoms with Gasteiger partial charge in [0.15, 0.2) is 5.82 Å². The normalized spacial score (nSPS) is 10.8. The molecule has 11 nitrogen and oxygen atoms in total. The Labute approximate surface area is 186 Å². The molecule has 0 aliphatic heterocycles. The van der Waals surface area contributed by atoms with Crippen LogP contribution in [-0.2, 0) is 10.0 Å². The van der Waals surface area contributed by atoms with Crippen LogP contribution in [0, 0.1) is 20.8 Å². The lowest BCUT2D eigenvalue weighted by Gasteiger charge is -2.12. The summed E-state index contributed by atoms with van der Waals surface area (Å²) in [5.74, 6) is -1.55. The van der Waals surface area contributed by atoms with Crippen molar-refractivity contribution in [2.24, 2.45) is 5.18 Å². The molecule has 0 radical (unpaired) electrons. The minimum Gasteiger partial charge on any atom is -0.495 e. The number of carbonyl (C=O) groups excluding carboxylic acids is 1. The Bertz CT molecular complexity index is 1360. The Balaban J connectivity index is 1.88. The van der Waals surface area contributed by atoms with E-state index in [9.17, 15) is 32.6 Å². The van der Waals surface area contributed by atoms with Gasteiger partial charge < -0.3 is 10.1 Å². The Morgan fingerprint density at radius 2 is 1.88 bits per heavy atom. The van der Waals surface area contributed by atoms with E-state index in [1.165, 1.54) is 37.4 Å². The van der Waals surface area contributed by atoms with E-state index in [0.29, 0.717) is 0 Å². The van der Waals surface area contributed by atoms with Crippen LogP contribution in [-0.4, -0.2) is 26.4 Å². The number of nitrogens with zero attached hydrogens (tertiary/aromatic N) is 2. The molecule has 3 aromatic carbocycles. The first-order chi connectivity index (χ1) is 15.6. The molecular formula is C20H15FN4O7S. The highest BCUT2D eigenvalue weighted by Crippen LogP contribution is 2.31.